The molecule has 0 aliphatic carbocycles. The molecule has 1 unspecified atom stereocenters. The van der Waals surface area contributed by atoms with Gasteiger partial charge in [-0.2, -0.15) is 0 Å². The predicted molar refractivity (Wildman–Crippen MR) is 63.9 cm³/mol. The van der Waals surface area contributed by atoms with E-state index in [0.717, 1.165) is 5.56 Å². The minimum absolute atomic E-state index is 0.00375. The van der Waals surface area contributed by atoms with Crippen LogP contribution in [0.4, 0.5) is 4.39 Å². The highest BCUT2D eigenvalue weighted by molar-refractivity contribution is 5.16. The zero-order chi connectivity index (χ0) is 12.2. The summed E-state index contributed by atoms with van der Waals surface area (Å²) in [5.74, 6) is -0.244. The third kappa shape index (κ3) is 5.24. The van der Waals surface area contributed by atoms with Crippen molar-refractivity contribution in [3.8, 4) is 0 Å². The topological polar surface area (TPSA) is 32.3 Å². The van der Waals surface area contributed by atoms with E-state index >= 15 is 0 Å². The molecule has 1 atom stereocenters. The molecule has 0 spiro atoms. The van der Waals surface area contributed by atoms with E-state index < -0.39 is 6.10 Å². The number of hydrogen-bond donors (Lipinski definition) is 2. The highest BCUT2D eigenvalue weighted by Crippen LogP contribution is 2.06. The monoisotopic (exact) mass is 225 g/mol. The number of aliphatic hydroxyl groups is 1. The molecular formula is C13H20FNO. The summed E-state index contributed by atoms with van der Waals surface area (Å²) in [6, 6.07) is 6.24. The van der Waals surface area contributed by atoms with E-state index in [1.165, 1.54) is 12.1 Å². The van der Waals surface area contributed by atoms with Gasteiger partial charge in [-0.15, -0.1) is 0 Å². The molecule has 0 heterocycles. The largest absolute Gasteiger partial charge is 0.391 e. The van der Waals surface area contributed by atoms with Gasteiger partial charge >= 0.3 is 0 Å². The number of aliphatic hydroxyl groups excluding tert-OH is 1. The maximum atomic E-state index is 12.7. The quantitative estimate of drug-likeness (QED) is 0.822. The van der Waals surface area contributed by atoms with Gasteiger partial charge in [0.25, 0.3) is 0 Å². The van der Waals surface area contributed by atoms with Gasteiger partial charge in [0.2, 0.25) is 0 Å². The Bertz CT molecular complexity index is 316. The van der Waals surface area contributed by atoms with E-state index in [-0.39, 0.29) is 11.4 Å². The Balaban J connectivity index is 2.39. The van der Waals surface area contributed by atoms with Crippen molar-refractivity contribution in [3.05, 3.63) is 35.6 Å². The average Bonchev–Trinajstić information content (AvgIpc) is 2.18. The molecule has 3 heteroatoms. The van der Waals surface area contributed by atoms with Crippen LogP contribution >= 0.6 is 0 Å². The number of benzene rings is 1. The summed E-state index contributed by atoms with van der Waals surface area (Å²) in [7, 11) is 0. The Morgan fingerprint density at radius 1 is 1.25 bits per heavy atom. The van der Waals surface area contributed by atoms with Crippen molar-refractivity contribution in [1.82, 2.24) is 5.32 Å². The maximum Gasteiger partial charge on any atom is 0.123 e. The second kappa shape index (κ2) is 5.41. The molecule has 0 bridgehead atoms. The van der Waals surface area contributed by atoms with Gasteiger partial charge < -0.3 is 10.4 Å². The van der Waals surface area contributed by atoms with Gasteiger partial charge in [-0.1, -0.05) is 12.1 Å². The van der Waals surface area contributed by atoms with E-state index in [1.807, 2.05) is 0 Å². The van der Waals surface area contributed by atoms with Gasteiger partial charge in [0.15, 0.2) is 0 Å². The summed E-state index contributed by atoms with van der Waals surface area (Å²) in [6.07, 6.45) is 0.105. The van der Waals surface area contributed by atoms with Gasteiger partial charge in [-0.25, -0.2) is 4.39 Å². The second-order valence-electron chi connectivity index (χ2n) is 5.12. The molecule has 0 saturated heterocycles. The predicted octanol–water partition coefficient (Wildman–Crippen LogP) is 2.12. The van der Waals surface area contributed by atoms with Crippen molar-refractivity contribution in [2.24, 2.45) is 0 Å². The Labute approximate surface area is 96.5 Å². The van der Waals surface area contributed by atoms with Crippen LogP contribution in [0, 0.1) is 5.82 Å². The number of hydrogen-bond acceptors (Lipinski definition) is 2. The van der Waals surface area contributed by atoms with Crippen LogP contribution < -0.4 is 5.32 Å². The van der Waals surface area contributed by atoms with Crippen LogP contribution in [0.1, 0.15) is 26.3 Å². The SMILES string of the molecule is CC(C)(C)NCC(O)Cc1ccc(F)cc1. The fourth-order valence-electron chi connectivity index (χ4n) is 1.39. The lowest BCUT2D eigenvalue weighted by Crippen LogP contribution is -2.41. The Morgan fingerprint density at radius 2 is 1.81 bits per heavy atom. The van der Waals surface area contributed by atoms with Gasteiger partial charge in [-0.3, -0.25) is 0 Å². The molecule has 1 aromatic rings. The lowest BCUT2D eigenvalue weighted by molar-refractivity contribution is 0.161. The third-order valence-electron chi connectivity index (χ3n) is 2.25. The second-order valence-corrected chi connectivity index (χ2v) is 5.12. The lowest BCUT2D eigenvalue weighted by Gasteiger charge is -2.22. The molecule has 0 radical (unpaired) electrons. The first-order valence-corrected chi connectivity index (χ1v) is 5.54. The average molecular weight is 225 g/mol. The molecule has 2 N–H and O–H groups in total. The molecule has 0 aromatic heterocycles. The summed E-state index contributed by atoms with van der Waals surface area (Å²) in [4.78, 5) is 0. The van der Waals surface area contributed by atoms with Crippen molar-refractivity contribution in [1.29, 1.82) is 0 Å². The molecule has 2 nitrogen and oxygen atoms in total. The minimum Gasteiger partial charge on any atom is -0.391 e. The number of nitrogens with one attached hydrogen (secondary N) is 1. The van der Waals surface area contributed by atoms with E-state index in [4.69, 9.17) is 0 Å². The molecule has 0 aliphatic heterocycles. The van der Waals surface area contributed by atoms with E-state index in [0.29, 0.717) is 13.0 Å². The Hall–Kier alpha value is -0.930. The van der Waals surface area contributed by atoms with Crippen LogP contribution in [0.15, 0.2) is 24.3 Å². The van der Waals surface area contributed by atoms with Crippen LogP contribution in [0.3, 0.4) is 0 Å². The van der Waals surface area contributed by atoms with Crippen LogP contribution in [-0.2, 0) is 6.42 Å². The first kappa shape index (κ1) is 13.1. The molecule has 0 amide bonds. The number of rotatable bonds is 4. The Morgan fingerprint density at radius 3 is 2.31 bits per heavy atom. The first-order chi connectivity index (χ1) is 7.37. The lowest BCUT2D eigenvalue weighted by atomic mass is 10.1. The van der Waals surface area contributed by atoms with Crippen molar-refractivity contribution in [2.75, 3.05) is 6.54 Å². The Kier molecular flexibility index (Phi) is 4.44. The normalized spacial score (nSPS) is 13.8. The smallest absolute Gasteiger partial charge is 0.123 e. The van der Waals surface area contributed by atoms with Crippen LogP contribution in [-0.4, -0.2) is 23.3 Å². The number of halogens is 1. The molecule has 0 fully saturated rings. The fraction of sp³-hybridized carbons (Fsp3) is 0.538. The molecule has 90 valence electrons. The molecule has 1 aromatic carbocycles. The summed E-state index contributed by atoms with van der Waals surface area (Å²) in [5, 5.41) is 13.0. The van der Waals surface area contributed by atoms with Crippen molar-refractivity contribution in [2.45, 2.75) is 38.8 Å². The summed E-state index contributed by atoms with van der Waals surface area (Å²) < 4.78 is 12.7. The zero-order valence-corrected chi connectivity index (χ0v) is 10.1. The maximum absolute atomic E-state index is 12.7. The van der Waals surface area contributed by atoms with Crippen molar-refractivity contribution >= 4 is 0 Å². The number of β-amino-alcohol motifs (C(OH)–C–C–N with tert-alkyl or cyclic N) is 1. The standard InChI is InChI=1S/C13H20FNO/c1-13(2,3)15-9-12(16)8-10-4-6-11(14)7-5-10/h4-7,12,15-16H,8-9H2,1-3H3. The van der Waals surface area contributed by atoms with Gasteiger partial charge in [0.1, 0.15) is 5.82 Å². The van der Waals surface area contributed by atoms with E-state index in [1.54, 1.807) is 12.1 Å². The van der Waals surface area contributed by atoms with Crippen LogP contribution in [0.25, 0.3) is 0 Å². The van der Waals surface area contributed by atoms with Gasteiger partial charge in [0, 0.05) is 12.1 Å². The zero-order valence-electron chi connectivity index (χ0n) is 10.1. The molecular weight excluding hydrogens is 205 g/mol. The van der Waals surface area contributed by atoms with Crippen molar-refractivity contribution < 1.29 is 9.50 Å². The fourth-order valence-corrected chi connectivity index (χ4v) is 1.39. The molecule has 16 heavy (non-hydrogen) atoms. The third-order valence-corrected chi connectivity index (χ3v) is 2.25. The van der Waals surface area contributed by atoms with Gasteiger partial charge in [-0.05, 0) is 44.9 Å². The van der Waals surface area contributed by atoms with Gasteiger partial charge in [0.05, 0.1) is 6.10 Å². The van der Waals surface area contributed by atoms with Crippen LogP contribution in [0.5, 0.6) is 0 Å². The molecule has 0 aliphatic rings. The van der Waals surface area contributed by atoms with Crippen molar-refractivity contribution in [3.63, 3.8) is 0 Å². The van der Waals surface area contributed by atoms with Crippen LogP contribution in [0.2, 0.25) is 0 Å². The minimum atomic E-state index is -0.440. The highest BCUT2D eigenvalue weighted by atomic mass is 19.1. The summed E-state index contributed by atoms with van der Waals surface area (Å²) >= 11 is 0. The van der Waals surface area contributed by atoms with E-state index in [2.05, 4.69) is 26.1 Å². The molecule has 1 rings (SSSR count). The molecule has 0 saturated carbocycles. The summed E-state index contributed by atoms with van der Waals surface area (Å²) in [5.41, 5.74) is 0.952. The summed E-state index contributed by atoms with van der Waals surface area (Å²) in [6.45, 7) is 6.70. The first-order valence-electron chi connectivity index (χ1n) is 5.54. The van der Waals surface area contributed by atoms with E-state index in [9.17, 15) is 9.50 Å². The highest BCUT2D eigenvalue weighted by Gasteiger charge is 2.12.